The zero-order chi connectivity index (χ0) is 13.3. The molecule has 1 amide bonds. The molecule has 0 spiro atoms. The summed E-state index contributed by atoms with van der Waals surface area (Å²) in [6.45, 7) is 6.10. The fourth-order valence-electron chi connectivity index (χ4n) is 2.86. The van der Waals surface area contributed by atoms with E-state index in [4.69, 9.17) is 5.73 Å². The van der Waals surface area contributed by atoms with Crippen LogP contribution in [0.15, 0.2) is 12.4 Å². The van der Waals surface area contributed by atoms with Crippen LogP contribution in [0.1, 0.15) is 44.7 Å². The number of nitrogens with two attached hydrogens (primary N) is 1. The van der Waals surface area contributed by atoms with Crippen LogP contribution in [-0.4, -0.2) is 27.3 Å². The lowest BCUT2D eigenvalue weighted by molar-refractivity contribution is -0.124. The van der Waals surface area contributed by atoms with Gasteiger partial charge < -0.3 is 11.1 Å². The Balaban J connectivity index is 2.15. The van der Waals surface area contributed by atoms with Crippen molar-refractivity contribution in [2.75, 3.05) is 0 Å². The zero-order valence-electron chi connectivity index (χ0n) is 11.3. The van der Waals surface area contributed by atoms with Crippen LogP contribution in [0, 0.1) is 6.92 Å². The number of nitrogens with one attached hydrogen (secondary N) is 1. The molecule has 0 bridgehead atoms. The van der Waals surface area contributed by atoms with Crippen molar-refractivity contribution in [3.05, 3.63) is 18.0 Å². The fraction of sp³-hybridized carbons (Fsp3) is 0.692. The Morgan fingerprint density at radius 1 is 1.67 bits per heavy atom. The topological polar surface area (TPSA) is 72.9 Å². The molecule has 2 rings (SSSR count). The summed E-state index contributed by atoms with van der Waals surface area (Å²) in [4.78, 5) is 11.8. The molecule has 3 N–H and O–H groups in total. The predicted molar refractivity (Wildman–Crippen MR) is 70.0 cm³/mol. The van der Waals surface area contributed by atoms with Crippen molar-refractivity contribution < 1.29 is 4.79 Å². The Hall–Kier alpha value is -1.36. The number of aryl methyl sites for hydroxylation is 1. The van der Waals surface area contributed by atoms with Crippen molar-refractivity contribution in [1.29, 1.82) is 0 Å². The molecule has 5 nitrogen and oxygen atoms in total. The minimum atomic E-state index is -0.571. The van der Waals surface area contributed by atoms with E-state index in [9.17, 15) is 4.79 Å². The van der Waals surface area contributed by atoms with Crippen LogP contribution in [0.2, 0.25) is 0 Å². The maximum absolute atomic E-state index is 11.8. The molecule has 0 aromatic carbocycles. The highest BCUT2D eigenvalue weighted by Crippen LogP contribution is 2.37. The second kappa shape index (κ2) is 4.72. The number of amides is 1. The van der Waals surface area contributed by atoms with E-state index >= 15 is 0 Å². The molecule has 100 valence electrons. The van der Waals surface area contributed by atoms with E-state index in [1.54, 1.807) is 0 Å². The Labute approximate surface area is 108 Å². The van der Waals surface area contributed by atoms with Gasteiger partial charge in [-0.15, -0.1) is 0 Å². The van der Waals surface area contributed by atoms with Crippen LogP contribution < -0.4 is 11.1 Å². The second-order valence-electron chi connectivity index (χ2n) is 5.64. The number of carbonyl (C=O) groups excluding carboxylic acids is 1. The molecule has 18 heavy (non-hydrogen) atoms. The molecule has 1 aromatic heterocycles. The molecular weight excluding hydrogens is 228 g/mol. The average Bonchev–Trinajstić information content (AvgIpc) is 2.84. The maximum Gasteiger partial charge on any atom is 0.237 e. The number of rotatable bonds is 4. The Morgan fingerprint density at radius 3 is 2.89 bits per heavy atom. The maximum atomic E-state index is 11.8. The lowest BCUT2D eigenvalue weighted by Gasteiger charge is -2.29. The predicted octanol–water partition coefficient (Wildman–Crippen LogP) is 1.14. The van der Waals surface area contributed by atoms with Crippen molar-refractivity contribution >= 4 is 5.91 Å². The second-order valence-corrected chi connectivity index (χ2v) is 5.64. The standard InChI is InChI=1S/C13H22N4O/c1-9(2)16-13(12(14)18)5-4-11(6-13)17-8-10(3)7-15-17/h7-9,11,16H,4-6H2,1-3H3,(H2,14,18). The van der Waals surface area contributed by atoms with Crippen LogP contribution in [0.3, 0.4) is 0 Å². The minimum Gasteiger partial charge on any atom is -0.368 e. The largest absolute Gasteiger partial charge is 0.368 e. The van der Waals surface area contributed by atoms with Gasteiger partial charge in [0.2, 0.25) is 5.91 Å². The van der Waals surface area contributed by atoms with Crippen molar-refractivity contribution in [2.24, 2.45) is 5.73 Å². The van der Waals surface area contributed by atoms with Gasteiger partial charge in [-0.1, -0.05) is 0 Å². The van der Waals surface area contributed by atoms with Gasteiger partial charge in [0, 0.05) is 12.2 Å². The summed E-state index contributed by atoms with van der Waals surface area (Å²) in [7, 11) is 0. The summed E-state index contributed by atoms with van der Waals surface area (Å²) in [5.41, 5.74) is 6.17. The van der Waals surface area contributed by atoms with Gasteiger partial charge in [-0.3, -0.25) is 9.48 Å². The normalized spacial score (nSPS) is 27.9. The molecule has 0 aliphatic heterocycles. The molecule has 1 aromatic rings. The zero-order valence-corrected chi connectivity index (χ0v) is 11.3. The quantitative estimate of drug-likeness (QED) is 0.841. The van der Waals surface area contributed by atoms with E-state index in [0.717, 1.165) is 24.8 Å². The molecule has 1 heterocycles. The van der Waals surface area contributed by atoms with E-state index in [1.165, 1.54) is 0 Å². The summed E-state index contributed by atoms with van der Waals surface area (Å²) in [5.74, 6) is -0.248. The number of hydrogen-bond donors (Lipinski definition) is 2. The van der Waals surface area contributed by atoms with Gasteiger partial charge in [-0.2, -0.15) is 5.10 Å². The molecule has 1 aliphatic rings. The molecular formula is C13H22N4O. The fourth-order valence-corrected chi connectivity index (χ4v) is 2.86. The van der Waals surface area contributed by atoms with Gasteiger partial charge in [0.1, 0.15) is 0 Å². The van der Waals surface area contributed by atoms with Gasteiger partial charge in [-0.25, -0.2) is 0 Å². The molecule has 0 saturated heterocycles. The number of aromatic nitrogens is 2. The summed E-state index contributed by atoms with van der Waals surface area (Å²) in [5, 5.41) is 7.68. The summed E-state index contributed by atoms with van der Waals surface area (Å²) >= 11 is 0. The van der Waals surface area contributed by atoms with Crippen LogP contribution in [0.4, 0.5) is 0 Å². The Morgan fingerprint density at radius 2 is 2.39 bits per heavy atom. The molecule has 2 atom stereocenters. The van der Waals surface area contributed by atoms with Gasteiger partial charge in [0.25, 0.3) is 0 Å². The van der Waals surface area contributed by atoms with E-state index in [1.807, 2.05) is 37.8 Å². The van der Waals surface area contributed by atoms with Crippen molar-refractivity contribution in [2.45, 2.75) is 57.7 Å². The van der Waals surface area contributed by atoms with E-state index in [-0.39, 0.29) is 18.0 Å². The highest BCUT2D eigenvalue weighted by atomic mass is 16.1. The first-order chi connectivity index (χ1) is 8.43. The third kappa shape index (κ3) is 2.41. The van der Waals surface area contributed by atoms with E-state index < -0.39 is 5.54 Å². The summed E-state index contributed by atoms with van der Waals surface area (Å²) in [6.07, 6.45) is 6.31. The molecule has 0 radical (unpaired) electrons. The first-order valence-corrected chi connectivity index (χ1v) is 6.51. The van der Waals surface area contributed by atoms with Gasteiger partial charge >= 0.3 is 0 Å². The van der Waals surface area contributed by atoms with Gasteiger partial charge in [-0.05, 0) is 45.6 Å². The highest BCUT2D eigenvalue weighted by molar-refractivity contribution is 5.85. The van der Waals surface area contributed by atoms with Crippen molar-refractivity contribution in [3.63, 3.8) is 0 Å². The average molecular weight is 250 g/mol. The SMILES string of the molecule is Cc1cnn(C2CCC(NC(C)C)(C(N)=O)C2)c1. The minimum absolute atomic E-state index is 0.246. The summed E-state index contributed by atoms with van der Waals surface area (Å²) in [6, 6.07) is 0.507. The molecule has 1 fully saturated rings. The van der Waals surface area contributed by atoms with Crippen LogP contribution in [0.5, 0.6) is 0 Å². The van der Waals surface area contributed by atoms with Crippen LogP contribution in [0.25, 0.3) is 0 Å². The lowest BCUT2D eigenvalue weighted by atomic mass is 9.95. The highest BCUT2D eigenvalue weighted by Gasteiger charge is 2.45. The summed E-state index contributed by atoms with van der Waals surface area (Å²) < 4.78 is 1.96. The number of carbonyl (C=O) groups is 1. The number of nitrogens with zero attached hydrogens (tertiary/aromatic N) is 2. The number of hydrogen-bond acceptors (Lipinski definition) is 3. The van der Waals surface area contributed by atoms with Crippen LogP contribution >= 0.6 is 0 Å². The third-order valence-electron chi connectivity index (χ3n) is 3.63. The lowest BCUT2D eigenvalue weighted by Crippen LogP contribution is -2.56. The van der Waals surface area contributed by atoms with Crippen molar-refractivity contribution in [1.82, 2.24) is 15.1 Å². The molecule has 1 saturated carbocycles. The Kier molecular flexibility index (Phi) is 3.43. The van der Waals surface area contributed by atoms with Gasteiger partial charge in [0.05, 0.1) is 17.8 Å². The molecule has 1 aliphatic carbocycles. The van der Waals surface area contributed by atoms with E-state index in [0.29, 0.717) is 0 Å². The monoisotopic (exact) mass is 250 g/mol. The third-order valence-corrected chi connectivity index (χ3v) is 3.63. The smallest absolute Gasteiger partial charge is 0.237 e. The number of primary amides is 1. The molecule has 2 unspecified atom stereocenters. The van der Waals surface area contributed by atoms with Gasteiger partial charge in [0.15, 0.2) is 0 Å². The Bertz CT molecular complexity index is 440. The van der Waals surface area contributed by atoms with Crippen LogP contribution in [-0.2, 0) is 4.79 Å². The van der Waals surface area contributed by atoms with Crippen molar-refractivity contribution in [3.8, 4) is 0 Å². The molecule has 5 heteroatoms. The first kappa shape index (κ1) is 13.1. The van der Waals surface area contributed by atoms with E-state index in [2.05, 4.69) is 10.4 Å². The first-order valence-electron chi connectivity index (χ1n) is 6.51.